The molecule has 17 nitrogen and oxygen atoms in total. The highest BCUT2D eigenvalue weighted by atomic mass is 31.2. The molecule has 0 heterocycles. The standard InChI is InChI=1S/C84H164O17P2/c1-6-9-12-15-18-21-24-26-28-30-32-33-34-36-38-40-43-49-54-59-64-69-83(88)100-79(74-95-82(87)68-63-58-53-48-42-39-37-35-31-29-27-25-22-19-16-13-10-7-2)75-98-102(90,91)96-71-78(85)72-97-103(92,93)99-76-80(73-94-81(86)67-62-57-52-47-41-23-20-17-14-11-8-3)101-84(89)70-65-60-55-50-45-44-46-51-56-61-66-77(4)5/h77-80,85H,6-76H2,1-5H3,(H,90,91)(H,92,93)/t78-,79-,80-/m1/s1. The summed E-state index contributed by atoms with van der Waals surface area (Å²) in [5.74, 6) is -1.35. The van der Waals surface area contributed by atoms with Gasteiger partial charge in [-0.15, -0.1) is 0 Å². The van der Waals surface area contributed by atoms with Gasteiger partial charge in [-0.2, -0.15) is 0 Å². The van der Waals surface area contributed by atoms with E-state index in [1.165, 1.54) is 276 Å². The van der Waals surface area contributed by atoms with Crippen LogP contribution in [0.15, 0.2) is 0 Å². The van der Waals surface area contributed by atoms with Crippen molar-refractivity contribution < 1.29 is 80.2 Å². The monoisotopic (exact) mass is 1510 g/mol. The Hall–Kier alpha value is -1.94. The zero-order valence-electron chi connectivity index (χ0n) is 67.5. The summed E-state index contributed by atoms with van der Waals surface area (Å²) >= 11 is 0. The Labute approximate surface area is 632 Å². The van der Waals surface area contributed by atoms with Crippen LogP contribution in [0.2, 0.25) is 0 Å². The van der Waals surface area contributed by atoms with E-state index < -0.39 is 97.5 Å². The second-order valence-corrected chi connectivity index (χ2v) is 33.6. The fourth-order valence-corrected chi connectivity index (χ4v) is 14.7. The lowest BCUT2D eigenvalue weighted by Gasteiger charge is -2.21. The van der Waals surface area contributed by atoms with Gasteiger partial charge in [-0.25, -0.2) is 9.13 Å². The summed E-state index contributed by atoms with van der Waals surface area (Å²) in [6, 6.07) is 0. The molecule has 0 aromatic carbocycles. The second kappa shape index (κ2) is 76.8. The number of ether oxygens (including phenoxy) is 4. The van der Waals surface area contributed by atoms with Crippen molar-refractivity contribution in [1.29, 1.82) is 0 Å². The predicted molar refractivity (Wildman–Crippen MR) is 423 cm³/mol. The maximum atomic E-state index is 13.1. The van der Waals surface area contributed by atoms with E-state index in [1.54, 1.807) is 0 Å². The maximum absolute atomic E-state index is 13.1. The molecule has 0 aliphatic heterocycles. The van der Waals surface area contributed by atoms with Crippen molar-refractivity contribution in [3.8, 4) is 0 Å². The predicted octanol–water partition coefficient (Wildman–Crippen LogP) is 25.6. The molecule has 0 aromatic heterocycles. The van der Waals surface area contributed by atoms with Crippen molar-refractivity contribution in [2.45, 2.75) is 470 Å². The van der Waals surface area contributed by atoms with Crippen LogP contribution in [0.3, 0.4) is 0 Å². The van der Waals surface area contributed by atoms with Gasteiger partial charge in [0.15, 0.2) is 12.2 Å². The molecule has 0 fully saturated rings. The molecule has 0 saturated carbocycles. The summed E-state index contributed by atoms with van der Waals surface area (Å²) in [4.78, 5) is 73.1. The van der Waals surface area contributed by atoms with Crippen molar-refractivity contribution >= 4 is 39.5 Å². The molecule has 2 unspecified atom stereocenters. The number of phosphoric acid groups is 2. The molecule has 103 heavy (non-hydrogen) atoms. The molecule has 612 valence electrons. The number of esters is 4. The number of carbonyl (C=O) groups excluding carboxylic acids is 4. The molecular formula is C84H164O17P2. The number of carbonyl (C=O) groups is 4. The first-order valence-electron chi connectivity index (χ1n) is 43.6. The van der Waals surface area contributed by atoms with E-state index in [2.05, 4.69) is 34.6 Å². The van der Waals surface area contributed by atoms with Gasteiger partial charge in [-0.1, -0.05) is 401 Å². The van der Waals surface area contributed by atoms with Crippen molar-refractivity contribution in [3.05, 3.63) is 0 Å². The molecule has 0 aliphatic carbocycles. The van der Waals surface area contributed by atoms with Crippen LogP contribution in [0.5, 0.6) is 0 Å². The van der Waals surface area contributed by atoms with Crippen LogP contribution < -0.4 is 0 Å². The first-order valence-corrected chi connectivity index (χ1v) is 46.6. The minimum Gasteiger partial charge on any atom is -0.462 e. The molecule has 0 saturated heterocycles. The molecule has 0 aromatic rings. The van der Waals surface area contributed by atoms with Gasteiger partial charge in [0.05, 0.1) is 26.4 Å². The van der Waals surface area contributed by atoms with Crippen molar-refractivity contribution in [2.75, 3.05) is 39.6 Å². The van der Waals surface area contributed by atoms with Crippen LogP contribution in [0.1, 0.15) is 452 Å². The number of phosphoric ester groups is 2. The number of hydrogen-bond donors (Lipinski definition) is 3. The van der Waals surface area contributed by atoms with Gasteiger partial charge in [0.2, 0.25) is 0 Å². The number of hydrogen-bond acceptors (Lipinski definition) is 15. The Morgan fingerprint density at radius 2 is 0.447 bits per heavy atom. The van der Waals surface area contributed by atoms with Crippen LogP contribution in [-0.4, -0.2) is 96.7 Å². The number of aliphatic hydroxyl groups excluding tert-OH is 1. The van der Waals surface area contributed by atoms with Crippen LogP contribution >= 0.6 is 15.6 Å². The van der Waals surface area contributed by atoms with Gasteiger partial charge in [0, 0.05) is 25.7 Å². The van der Waals surface area contributed by atoms with Gasteiger partial charge in [-0.05, 0) is 31.6 Å². The second-order valence-electron chi connectivity index (χ2n) is 30.7. The molecule has 0 bridgehead atoms. The van der Waals surface area contributed by atoms with E-state index in [0.29, 0.717) is 25.7 Å². The maximum Gasteiger partial charge on any atom is 0.472 e. The number of aliphatic hydroxyl groups is 1. The highest BCUT2D eigenvalue weighted by Gasteiger charge is 2.30. The molecular weight excluding hydrogens is 1340 g/mol. The fraction of sp³-hybridized carbons (Fsp3) is 0.952. The quantitative estimate of drug-likeness (QED) is 0.0222. The number of rotatable bonds is 84. The Balaban J connectivity index is 5.22. The average Bonchev–Trinajstić information content (AvgIpc) is 0.919. The van der Waals surface area contributed by atoms with Crippen molar-refractivity contribution in [2.24, 2.45) is 5.92 Å². The summed E-state index contributed by atoms with van der Waals surface area (Å²) in [6.45, 7) is 7.33. The van der Waals surface area contributed by atoms with Gasteiger partial charge in [0.1, 0.15) is 19.3 Å². The van der Waals surface area contributed by atoms with Gasteiger partial charge < -0.3 is 33.8 Å². The molecule has 0 aliphatic rings. The zero-order valence-corrected chi connectivity index (χ0v) is 69.3. The third-order valence-corrected chi connectivity index (χ3v) is 21.7. The van der Waals surface area contributed by atoms with E-state index >= 15 is 0 Å². The van der Waals surface area contributed by atoms with E-state index in [1.807, 2.05) is 0 Å². The van der Waals surface area contributed by atoms with Gasteiger partial charge in [-0.3, -0.25) is 37.3 Å². The molecule has 0 radical (unpaired) electrons. The fourth-order valence-electron chi connectivity index (χ4n) is 13.1. The van der Waals surface area contributed by atoms with E-state index in [-0.39, 0.29) is 25.7 Å². The Morgan fingerprint density at radius 3 is 0.660 bits per heavy atom. The minimum absolute atomic E-state index is 0.107. The van der Waals surface area contributed by atoms with E-state index in [0.717, 1.165) is 95.8 Å². The summed E-state index contributed by atoms with van der Waals surface area (Å²) in [5.41, 5.74) is 0. The molecule has 0 amide bonds. The molecule has 0 spiro atoms. The molecule has 19 heteroatoms. The first kappa shape index (κ1) is 101. The van der Waals surface area contributed by atoms with Crippen LogP contribution in [0, 0.1) is 5.92 Å². The van der Waals surface area contributed by atoms with Crippen LogP contribution in [0.4, 0.5) is 0 Å². The lowest BCUT2D eigenvalue weighted by molar-refractivity contribution is -0.161. The zero-order chi connectivity index (χ0) is 75.5. The molecule has 0 rings (SSSR count). The Bertz CT molecular complexity index is 1960. The highest BCUT2D eigenvalue weighted by Crippen LogP contribution is 2.45. The van der Waals surface area contributed by atoms with E-state index in [9.17, 15) is 43.2 Å². The SMILES string of the molecule is CCCCCCCCCCCCCCCCCCCCCCCC(=O)O[C@H](COC(=O)CCCCCCCCCCCCCCCCCCCC)COP(=O)(O)OC[C@@H](O)COP(=O)(O)OC[C@@H](COC(=O)CCCCCCCCCCCCC)OC(=O)CCCCCCCCCCCCC(C)C. The molecule has 3 N–H and O–H groups in total. The third kappa shape index (κ3) is 78.0. The summed E-state index contributed by atoms with van der Waals surface area (Å²) in [6.07, 6.45) is 69.5. The normalized spacial score (nSPS) is 13.8. The minimum atomic E-state index is -4.96. The lowest BCUT2D eigenvalue weighted by atomic mass is 10.0. The van der Waals surface area contributed by atoms with Gasteiger partial charge >= 0.3 is 39.5 Å². The van der Waals surface area contributed by atoms with Crippen molar-refractivity contribution in [1.82, 2.24) is 0 Å². The van der Waals surface area contributed by atoms with Crippen LogP contribution in [0.25, 0.3) is 0 Å². The van der Waals surface area contributed by atoms with Crippen molar-refractivity contribution in [3.63, 3.8) is 0 Å². The third-order valence-electron chi connectivity index (χ3n) is 19.8. The lowest BCUT2D eigenvalue weighted by Crippen LogP contribution is -2.30. The number of unbranched alkanes of at least 4 members (excludes halogenated alkanes) is 56. The Morgan fingerprint density at radius 1 is 0.262 bits per heavy atom. The summed E-state index contributed by atoms with van der Waals surface area (Å²) < 4.78 is 68.8. The molecule has 5 atom stereocenters. The summed E-state index contributed by atoms with van der Waals surface area (Å²) in [7, 11) is -9.92. The van der Waals surface area contributed by atoms with Crippen LogP contribution in [-0.2, 0) is 65.4 Å². The first-order chi connectivity index (χ1) is 50.0. The average molecular weight is 1510 g/mol. The Kier molecular flexibility index (Phi) is 75.4. The smallest absolute Gasteiger partial charge is 0.462 e. The highest BCUT2D eigenvalue weighted by molar-refractivity contribution is 7.47. The largest absolute Gasteiger partial charge is 0.472 e. The summed E-state index contributed by atoms with van der Waals surface area (Å²) in [5, 5.41) is 10.7. The van der Waals surface area contributed by atoms with E-state index in [4.69, 9.17) is 37.0 Å². The van der Waals surface area contributed by atoms with Gasteiger partial charge in [0.25, 0.3) is 0 Å². The topological polar surface area (TPSA) is 237 Å².